The van der Waals surface area contributed by atoms with Crippen LogP contribution in [0.5, 0.6) is 11.5 Å². The first-order valence-corrected chi connectivity index (χ1v) is 12.8. The summed E-state index contributed by atoms with van der Waals surface area (Å²) in [4.78, 5) is 27.6. The number of allylic oxidation sites excluding steroid dienone is 1. The molecule has 1 aliphatic rings. The highest BCUT2D eigenvalue weighted by atomic mass is 35.5. The van der Waals surface area contributed by atoms with Gasteiger partial charge in [0.05, 0.1) is 12.8 Å². The van der Waals surface area contributed by atoms with Crippen molar-refractivity contribution in [2.45, 2.75) is 26.4 Å². The molecule has 0 spiro atoms. The number of carbonyl (C=O) groups excluding carboxylic acids is 2. The molecule has 0 aromatic heterocycles. The number of rotatable bonds is 9. The fourth-order valence-electron chi connectivity index (χ4n) is 4.06. The van der Waals surface area contributed by atoms with E-state index in [0.29, 0.717) is 40.8 Å². The second kappa shape index (κ2) is 12.1. The molecular weight excluding hydrogens is 520 g/mol. The summed E-state index contributed by atoms with van der Waals surface area (Å²) in [5.74, 6) is -0.0388. The van der Waals surface area contributed by atoms with E-state index in [1.54, 1.807) is 24.3 Å². The third-order valence-electron chi connectivity index (χ3n) is 6.05. The Morgan fingerprint density at radius 2 is 1.74 bits per heavy atom. The Balaban J connectivity index is 1.68. The maximum absolute atomic E-state index is 13.4. The van der Waals surface area contributed by atoms with Crippen molar-refractivity contribution in [1.82, 2.24) is 5.32 Å². The highest BCUT2D eigenvalue weighted by molar-refractivity contribution is 7.80. The minimum absolute atomic E-state index is 0.0391. The predicted molar refractivity (Wildman–Crippen MR) is 155 cm³/mol. The Morgan fingerprint density at radius 3 is 2.37 bits per heavy atom. The van der Waals surface area contributed by atoms with Crippen LogP contribution in [-0.4, -0.2) is 24.0 Å². The molecule has 2 amide bonds. The molecule has 8 heteroatoms. The number of amides is 2. The number of hydrogen-bond donors (Lipinski definition) is 1. The number of hydrogen-bond acceptors (Lipinski definition) is 5. The minimum Gasteiger partial charge on any atom is -0.493 e. The SMILES string of the molecule is C=CCc1cc(/C=C2\C(=O)NC(=S)N(c3ccc(CC)cc3)C2=O)cc(OC)c1OCc1ccc(Cl)cc1. The molecule has 0 unspecified atom stereocenters. The molecule has 1 heterocycles. The van der Waals surface area contributed by atoms with Crippen LogP contribution in [-0.2, 0) is 29.0 Å². The van der Waals surface area contributed by atoms with Crippen molar-refractivity contribution in [3.63, 3.8) is 0 Å². The summed E-state index contributed by atoms with van der Waals surface area (Å²) in [6, 6.07) is 18.5. The van der Waals surface area contributed by atoms with Gasteiger partial charge in [-0.3, -0.25) is 19.8 Å². The molecule has 194 valence electrons. The zero-order valence-electron chi connectivity index (χ0n) is 21.1. The quantitative estimate of drug-likeness (QED) is 0.153. The molecule has 3 aromatic rings. The van der Waals surface area contributed by atoms with E-state index in [4.69, 9.17) is 33.3 Å². The fourth-order valence-corrected chi connectivity index (χ4v) is 4.47. The van der Waals surface area contributed by atoms with Gasteiger partial charge in [0.2, 0.25) is 0 Å². The second-order valence-corrected chi connectivity index (χ2v) is 9.42. The number of nitrogens with one attached hydrogen (secondary N) is 1. The van der Waals surface area contributed by atoms with Gasteiger partial charge in [-0.1, -0.05) is 48.9 Å². The normalized spacial score (nSPS) is 14.4. The van der Waals surface area contributed by atoms with E-state index in [1.165, 1.54) is 18.1 Å². The molecule has 3 aromatic carbocycles. The summed E-state index contributed by atoms with van der Waals surface area (Å²) < 4.78 is 11.8. The van der Waals surface area contributed by atoms with Crippen LogP contribution in [0.25, 0.3) is 6.08 Å². The van der Waals surface area contributed by atoms with Crippen molar-refractivity contribution >= 4 is 52.5 Å². The van der Waals surface area contributed by atoms with Crippen LogP contribution in [0, 0.1) is 0 Å². The second-order valence-electron chi connectivity index (χ2n) is 8.60. The fraction of sp³-hybridized carbons (Fsp3) is 0.167. The van der Waals surface area contributed by atoms with E-state index in [0.717, 1.165) is 23.1 Å². The zero-order valence-corrected chi connectivity index (χ0v) is 22.7. The number of anilines is 1. The van der Waals surface area contributed by atoms with E-state index in [-0.39, 0.29) is 10.7 Å². The molecule has 0 bridgehead atoms. The van der Waals surface area contributed by atoms with Gasteiger partial charge >= 0.3 is 0 Å². The van der Waals surface area contributed by atoms with Crippen LogP contribution in [0.2, 0.25) is 5.02 Å². The van der Waals surface area contributed by atoms with E-state index >= 15 is 0 Å². The van der Waals surface area contributed by atoms with Crippen molar-refractivity contribution in [2.75, 3.05) is 12.0 Å². The van der Waals surface area contributed by atoms with E-state index in [2.05, 4.69) is 18.8 Å². The van der Waals surface area contributed by atoms with Crippen LogP contribution in [0.15, 0.2) is 78.9 Å². The maximum atomic E-state index is 13.4. The smallest absolute Gasteiger partial charge is 0.270 e. The van der Waals surface area contributed by atoms with Gasteiger partial charge in [0.1, 0.15) is 12.2 Å². The van der Waals surface area contributed by atoms with Gasteiger partial charge in [-0.15, -0.1) is 6.58 Å². The van der Waals surface area contributed by atoms with Crippen LogP contribution in [0.4, 0.5) is 5.69 Å². The topological polar surface area (TPSA) is 67.9 Å². The van der Waals surface area contributed by atoms with Crippen LogP contribution >= 0.6 is 23.8 Å². The first-order chi connectivity index (χ1) is 18.3. The number of ether oxygens (including phenoxy) is 2. The van der Waals surface area contributed by atoms with Crippen molar-refractivity contribution < 1.29 is 19.1 Å². The van der Waals surface area contributed by atoms with Gasteiger partial charge in [0.25, 0.3) is 11.8 Å². The number of methoxy groups -OCH3 is 1. The summed E-state index contributed by atoms with van der Waals surface area (Å²) in [5, 5.41) is 3.31. The summed E-state index contributed by atoms with van der Waals surface area (Å²) >= 11 is 11.3. The van der Waals surface area contributed by atoms with Gasteiger partial charge in [-0.05, 0) is 84.2 Å². The largest absolute Gasteiger partial charge is 0.493 e. The molecule has 1 saturated heterocycles. The summed E-state index contributed by atoms with van der Waals surface area (Å²) in [7, 11) is 1.54. The Morgan fingerprint density at radius 1 is 1.05 bits per heavy atom. The third kappa shape index (κ3) is 5.96. The summed E-state index contributed by atoms with van der Waals surface area (Å²) in [6.45, 7) is 6.21. The van der Waals surface area contributed by atoms with Gasteiger partial charge in [0, 0.05) is 10.6 Å². The van der Waals surface area contributed by atoms with Crippen molar-refractivity contribution in [3.05, 3.63) is 106 Å². The highest BCUT2D eigenvalue weighted by Gasteiger charge is 2.34. The lowest BCUT2D eigenvalue weighted by atomic mass is 10.0. The Labute approximate surface area is 232 Å². The molecule has 4 rings (SSSR count). The average Bonchev–Trinajstić information content (AvgIpc) is 2.91. The van der Waals surface area contributed by atoms with Crippen molar-refractivity contribution in [2.24, 2.45) is 0 Å². The number of aryl methyl sites for hydroxylation is 1. The minimum atomic E-state index is -0.561. The molecule has 38 heavy (non-hydrogen) atoms. The first-order valence-electron chi connectivity index (χ1n) is 12.0. The molecular formula is C30H27ClN2O4S. The van der Waals surface area contributed by atoms with Crippen LogP contribution in [0.1, 0.15) is 29.2 Å². The molecule has 1 N–H and O–H groups in total. The highest BCUT2D eigenvalue weighted by Crippen LogP contribution is 2.35. The first kappa shape index (κ1) is 27.1. The van der Waals surface area contributed by atoms with E-state index in [9.17, 15) is 9.59 Å². The van der Waals surface area contributed by atoms with Gasteiger partial charge in [-0.2, -0.15) is 0 Å². The molecule has 6 nitrogen and oxygen atoms in total. The van der Waals surface area contributed by atoms with Crippen molar-refractivity contribution in [1.29, 1.82) is 0 Å². The lowest BCUT2D eigenvalue weighted by molar-refractivity contribution is -0.122. The molecule has 0 radical (unpaired) electrons. The van der Waals surface area contributed by atoms with Crippen LogP contribution < -0.4 is 19.7 Å². The standard InChI is InChI=1S/C30H27ClN2O4S/c1-4-6-22-15-21(17-26(36-3)27(22)37-18-20-7-11-23(31)12-8-20)16-25-28(34)32-30(38)33(29(25)35)24-13-9-19(5-2)10-14-24/h4,7-17H,1,5-6,18H2,2-3H3,(H,32,34,38)/b25-16+. The zero-order chi connectivity index (χ0) is 27.2. The summed E-state index contributed by atoms with van der Waals surface area (Å²) in [5.41, 5.74) is 4.01. The van der Waals surface area contributed by atoms with E-state index < -0.39 is 11.8 Å². The summed E-state index contributed by atoms with van der Waals surface area (Å²) in [6.07, 6.45) is 4.64. The molecule has 0 aliphatic carbocycles. The number of carbonyl (C=O) groups is 2. The molecule has 1 aliphatic heterocycles. The number of nitrogens with zero attached hydrogens (tertiary/aromatic N) is 1. The predicted octanol–water partition coefficient (Wildman–Crippen LogP) is 6.05. The number of thiocarbonyl (C=S) groups is 1. The Kier molecular flexibility index (Phi) is 8.61. The number of benzene rings is 3. The lowest BCUT2D eigenvalue weighted by Gasteiger charge is -2.29. The monoisotopic (exact) mass is 546 g/mol. The molecule has 0 atom stereocenters. The average molecular weight is 547 g/mol. The van der Waals surface area contributed by atoms with Gasteiger partial charge in [0.15, 0.2) is 16.6 Å². The van der Waals surface area contributed by atoms with Gasteiger partial charge < -0.3 is 9.47 Å². The van der Waals surface area contributed by atoms with Crippen LogP contribution in [0.3, 0.4) is 0 Å². The van der Waals surface area contributed by atoms with Crippen molar-refractivity contribution in [3.8, 4) is 11.5 Å². The maximum Gasteiger partial charge on any atom is 0.270 e. The third-order valence-corrected chi connectivity index (χ3v) is 6.59. The Hall–Kier alpha value is -3.94. The van der Waals surface area contributed by atoms with E-state index in [1.807, 2.05) is 42.5 Å². The lowest BCUT2D eigenvalue weighted by Crippen LogP contribution is -2.54. The molecule has 0 saturated carbocycles. The van der Waals surface area contributed by atoms with Gasteiger partial charge in [-0.25, -0.2) is 0 Å². The molecule has 1 fully saturated rings. The number of halogens is 1. The Bertz CT molecular complexity index is 1420.